The molecule has 0 spiro atoms. The summed E-state index contributed by atoms with van der Waals surface area (Å²) in [6.45, 7) is 4.01. The monoisotopic (exact) mass is 308 g/mol. The molecule has 0 aliphatic carbocycles. The van der Waals surface area contributed by atoms with Gasteiger partial charge in [0.25, 0.3) is 11.6 Å². The van der Waals surface area contributed by atoms with Crippen LogP contribution in [-0.4, -0.2) is 41.4 Å². The molecule has 1 aromatic carbocycles. The summed E-state index contributed by atoms with van der Waals surface area (Å²) < 4.78 is 4.58. The smallest absolute Gasteiger partial charge is 0.307 e. The quantitative estimate of drug-likeness (QED) is 0.438. The Morgan fingerprint density at radius 2 is 2.09 bits per heavy atom. The van der Waals surface area contributed by atoms with Gasteiger partial charge in [0.15, 0.2) is 0 Å². The molecule has 0 radical (unpaired) electrons. The van der Waals surface area contributed by atoms with E-state index < -0.39 is 10.9 Å². The molecule has 22 heavy (non-hydrogen) atoms. The maximum atomic E-state index is 12.6. The normalized spacial score (nSPS) is 11.6. The summed E-state index contributed by atoms with van der Waals surface area (Å²) in [6, 6.07) is 5.49. The first-order valence-corrected chi connectivity index (χ1v) is 7.03. The van der Waals surface area contributed by atoms with Gasteiger partial charge in [-0.25, -0.2) is 0 Å². The van der Waals surface area contributed by atoms with Crippen LogP contribution < -0.4 is 0 Å². The second-order valence-electron chi connectivity index (χ2n) is 4.89. The molecule has 0 fully saturated rings. The van der Waals surface area contributed by atoms with E-state index in [0.29, 0.717) is 6.42 Å². The zero-order valence-corrected chi connectivity index (χ0v) is 12.9. The first-order chi connectivity index (χ1) is 10.4. The van der Waals surface area contributed by atoms with Gasteiger partial charge in [-0.1, -0.05) is 13.0 Å². The van der Waals surface area contributed by atoms with Crippen molar-refractivity contribution in [1.82, 2.24) is 4.90 Å². The number of carbonyl (C=O) groups excluding carboxylic acids is 2. The van der Waals surface area contributed by atoms with Crippen LogP contribution in [0.25, 0.3) is 0 Å². The van der Waals surface area contributed by atoms with Crippen molar-refractivity contribution in [3.8, 4) is 0 Å². The number of non-ortho nitro benzene ring substituents is 1. The number of esters is 1. The Hall–Kier alpha value is -2.44. The molecule has 0 N–H and O–H groups in total. The third-order valence-electron chi connectivity index (χ3n) is 3.47. The van der Waals surface area contributed by atoms with Crippen molar-refractivity contribution >= 4 is 17.6 Å². The van der Waals surface area contributed by atoms with Crippen LogP contribution >= 0.6 is 0 Å². The Labute approximate surface area is 129 Å². The Morgan fingerprint density at radius 1 is 1.41 bits per heavy atom. The van der Waals surface area contributed by atoms with Crippen LogP contribution in [0, 0.1) is 10.1 Å². The highest BCUT2D eigenvalue weighted by atomic mass is 16.6. The van der Waals surface area contributed by atoms with Crippen molar-refractivity contribution in [3.63, 3.8) is 0 Å². The van der Waals surface area contributed by atoms with Gasteiger partial charge in [0.2, 0.25) is 0 Å². The largest absolute Gasteiger partial charge is 0.469 e. The molecule has 0 heterocycles. The topological polar surface area (TPSA) is 89.8 Å². The van der Waals surface area contributed by atoms with E-state index in [4.69, 9.17) is 0 Å². The Kier molecular flexibility index (Phi) is 6.49. The molecule has 0 saturated carbocycles. The number of nitro groups is 1. The van der Waals surface area contributed by atoms with Crippen LogP contribution in [0.3, 0.4) is 0 Å². The number of carbonyl (C=O) groups is 2. The van der Waals surface area contributed by atoms with Gasteiger partial charge in [-0.05, 0) is 19.4 Å². The zero-order chi connectivity index (χ0) is 16.7. The van der Waals surface area contributed by atoms with E-state index >= 15 is 0 Å². The van der Waals surface area contributed by atoms with Gasteiger partial charge in [0.1, 0.15) is 0 Å². The molecule has 1 unspecified atom stereocenters. The van der Waals surface area contributed by atoms with E-state index in [1.807, 2.05) is 13.8 Å². The predicted octanol–water partition coefficient (Wildman–Crippen LogP) is 2.40. The summed E-state index contributed by atoms with van der Waals surface area (Å²) in [5.41, 5.74) is 0.0993. The maximum absolute atomic E-state index is 12.6. The molecule has 1 atom stereocenters. The average Bonchev–Trinajstić information content (AvgIpc) is 2.54. The third kappa shape index (κ3) is 4.54. The Balaban J connectivity index is 2.98. The van der Waals surface area contributed by atoms with Crippen molar-refractivity contribution in [3.05, 3.63) is 39.9 Å². The molecular weight excluding hydrogens is 288 g/mol. The highest BCUT2D eigenvalue weighted by Gasteiger charge is 2.22. The molecule has 7 heteroatoms. The summed E-state index contributed by atoms with van der Waals surface area (Å²) in [5.74, 6) is -0.734. The lowest BCUT2D eigenvalue weighted by Gasteiger charge is -2.28. The summed E-state index contributed by atoms with van der Waals surface area (Å²) >= 11 is 0. The minimum absolute atomic E-state index is 0.0848. The Morgan fingerprint density at radius 3 is 2.64 bits per heavy atom. The summed E-state index contributed by atoms with van der Waals surface area (Å²) in [4.78, 5) is 35.7. The fourth-order valence-corrected chi connectivity index (χ4v) is 1.97. The fraction of sp³-hybridized carbons (Fsp3) is 0.467. The molecule has 0 aliphatic heterocycles. The first kappa shape index (κ1) is 17.6. The number of ether oxygens (including phenoxy) is 1. The number of nitrogens with zero attached hydrogens (tertiary/aromatic N) is 2. The maximum Gasteiger partial charge on any atom is 0.307 e. The second-order valence-corrected chi connectivity index (χ2v) is 4.89. The van der Waals surface area contributed by atoms with Gasteiger partial charge in [-0.3, -0.25) is 19.7 Å². The molecule has 1 amide bonds. The molecule has 7 nitrogen and oxygen atoms in total. The van der Waals surface area contributed by atoms with Crippen LogP contribution in [0.4, 0.5) is 5.69 Å². The minimum Gasteiger partial charge on any atom is -0.469 e. The third-order valence-corrected chi connectivity index (χ3v) is 3.47. The van der Waals surface area contributed by atoms with Crippen LogP contribution in [0.1, 0.15) is 37.0 Å². The lowest BCUT2D eigenvalue weighted by Crippen LogP contribution is -2.39. The molecular formula is C15H20N2O5. The standard InChI is InChI=1S/C15H20N2O5/c1-4-11(2)16(9-8-14(18)22-3)15(19)12-6-5-7-13(10-12)17(20)21/h5-7,10-11H,4,8-9H2,1-3H3. The number of hydrogen-bond acceptors (Lipinski definition) is 5. The number of benzene rings is 1. The van der Waals surface area contributed by atoms with E-state index in [9.17, 15) is 19.7 Å². The predicted molar refractivity (Wildman–Crippen MR) is 80.5 cm³/mol. The van der Waals surface area contributed by atoms with Gasteiger partial charge >= 0.3 is 5.97 Å². The van der Waals surface area contributed by atoms with Crippen LogP contribution in [-0.2, 0) is 9.53 Å². The number of amides is 1. The van der Waals surface area contributed by atoms with Crippen molar-refractivity contribution in [2.45, 2.75) is 32.7 Å². The van der Waals surface area contributed by atoms with Gasteiger partial charge in [0, 0.05) is 30.3 Å². The summed E-state index contributed by atoms with van der Waals surface area (Å²) in [7, 11) is 1.29. The van der Waals surface area contributed by atoms with Crippen molar-refractivity contribution in [2.24, 2.45) is 0 Å². The van der Waals surface area contributed by atoms with E-state index in [2.05, 4.69) is 4.74 Å². The molecule has 0 aromatic heterocycles. The number of methoxy groups -OCH3 is 1. The fourth-order valence-electron chi connectivity index (χ4n) is 1.97. The van der Waals surface area contributed by atoms with E-state index in [0.717, 1.165) is 0 Å². The Bertz CT molecular complexity index is 559. The number of nitro benzene ring substituents is 1. The first-order valence-electron chi connectivity index (χ1n) is 7.03. The van der Waals surface area contributed by atoms with E-state index in [-0.39, 0.29) is 36.2 Å². The van der Waals surface area contributed by atoms with Crippen LogP contribution in [0.2, 0.25) is 0 Å². The lowest BCUT2D eigenvalue weighted by atomic mass is 10.1. The summed E-state index contributed by atoms with van der Waals surface area (Å²) in [5, 5.41) is 10.8. The second kappa shape index (κ2) is 8.11. The van der Waals surface area contributed by atoms with E-state index in [1.54, 1.807) is 0 Å². The highest BCUT2D eigenvalue weighted by Crippen LogP contribution is 2.17. The number of hydrogen-bond donors (Lipinski definition) is 0. The van der Waals surface area contributed by atoms with Gasteiger partial charge in [-0.15, -0.1) is 0 Å². The molecule has 0 aliphatic rings. The lowest BCUT2D eigenvalue weighted by molar-refractivity contribution is -0.384. The average molecular weight is 308 g/mol. The van der Waals surface area contributed by atoms with Crippen LogP contribution in [0.5, 0.6) is 0 Å². The zero-order valence-electron chi connectivity index (χ0n) is 12.9. The highest BCUT2D eigenvalue weighted by molar-refractivity contribution is 5.95. The summed E-state index contributed by atoms with van der Waals surface area (Å²) in [6.07, 6.45) is 0.795. The minimum atomic E-state index is -0.543. The number of rotatable bonds is 7. The van der Waals surface area contributed by atoms with E-state index in [1.165, 1.54) is 36.3 Å². The van der Waals surface area contributed by atoms with Crippen molar-refractivity contribution < 1.29 is 19.2 Å². The van der Waals surface area contributed by atoms with Gasteiger partial charge in [-0.2, -0.15) is 0 Å². The van der Waals surface area contributed by atoms with Gasteiger partial charge < -0.3 is 9.64 Å². The molecule has 0 bridgehead atoms. The van der Waals surface area contributed by atoms with Crippen LogP contribution in [0.15, 0.2) is 24.3 Å². The molecule has 120 valence electrons. The van der Waals surface area contributed by atoms with Gasteiger partial charge in [0.05, 0.1) is 18.5 Å². The SMILES string of the molecule is CCC(C)N(CCC(=O)OC)C(=O)c1cccc([N+](=O)[O-])c1. The molecule has 0 saturated heterocycles. The molecule has 1 rings (SSSR count). The van der Waals surface area contributed by atoms with Crippen molar-refractivity contribution in [1.29, 1.82) is 0 Å². The van der Waals surface area contributed by atoms with Crippen molar-refractivity contribution in [2.75, 3.05) is 13.7 Å². The molecule has 1 aromatic rings.